The van der Waals surface area contributed by atoms with Gasteiger partial charge in [-0.2, -0.15) is 0 Å². The first kappa shape index (κ1) is 10.6. The van der Waals surface area contributed by atoms with Gasteiger partial charge in [-0.3, -0.25) is 4.57 Å². The lowest BCUT2D eigenvalue weighted by molar-refractivity contribution is -0.136. The lowest BCUT2D eigenvalue weighted by Gasteiger charge is -2.05. The average Bonchev–Trinajstić information content (AvgIpc) is 2.75. The zero-order valence-electron chi connectivity index (χ0n) is 9.64. The third-order valence-electron chi connectivity index (χ3n) is 2.91. The van der Waals surface area contributed by atoms with Gasteiger partial charge in [0, 0.05) is 17.1 Å². The Morgan fingerprint density at radius 3 is 2.94 bits per heavy atom. The maximum absolute atomic E-state index is 12.0. The number of rotatable bonds is 1. The van der Waals surface area contributed by atoms with E-state index in [0.29, 0.717) is 0 Å². The zero-order chi connectivity index (χ0) is 12.7. The van der Waals surface area contributed by atoms with E-state index in [2.05, 4.69) is 10.1 Å². The summed E-state index contributed by atoms with van der Waals surface area (Å²) in [6.07, 6.45) is 3.30. The van der Waals surface area contributed by atoms with Gasteiger partial charge in [0.05, 0.1) is 12.6 Å². The predicted octanol–water partition coefficient (Wildman–Crippen LogP) is 1.73. The van der Waals surface area contributed by atoms with Gasteiger partial charge in [0.1, 0.15) is 5.70 Å². The monoisotopic (exact) mass is 242 g/mol. The summed E-state index contributed by atoms with van der Waals surface area (Å²) in [6, 6.07) is 7.13. The van der Waals surface area contributed by atoms with Crippen LogP contribution in [-0.2, 0) is 9.53 Å². The Hall–Kier alpha value is -2.56. The Balaban J connectivity index is 2.29. The summed E-state index contributed by atoms with van der Waals surface area (Å²) >= 11 is 0. The molecule has 1 aliphatic heterocycles. The van der Waals surface area contributed by atoms with Gasteiger partial charge < -0.3 is 10.1 Å². The van der Waals surface area contributed by atoms with Gasteiger partial charge >= 0.3 is 12.0 Å². The Labute approximate surface area is 103 Å². The van der Waals surface area contributed by atoms with Gasteiger partial charge in [0.25, 0.3) is 0 Å². The van der Waals surface area contributed by atoms with Crippen LogP contribution in [-0.4, -0.2) is 23.7 Å². The van der Waals surface area contributed by atoms with Crippen molar-refractivity contribution in [1.29, 1.82) is 0 Å². The summed E-state index contributed by atoms with van der Waals surface area (Å²) < 4.78 is 6.12. The SMILES string of the molecule is COC(=O)C1=Cc2cccc3ccn(c23)C(=O)N1. The van der Waals surface area contributed by atoms with Crippen LogP contribution >= 0.6 is 0 Å². The summed E-state index contributed by atoms with van der Waals surface area (Å²) in [5.74, 6) is -0.564. The summed E-state index contributed by atoms with van der Waals surface area (Å²) in [5.41, 5.74) is 1.73. The van der Waals surface area contributed by atoms with E-state index >= 15 is 0 Å². The molecule has 90 valence electrons. The molecule has 0 radical (unpaired) electrons. The summed E-state index contributed by atoms with van der Waals surface area (Å²) in [5, 5.41) is 3.48. The highest BCUT2D eigenvalue weighted by Crippen LogP contribution is 2.24. The van der Waals surface area contributed by atoms with Crippen LogP contribution in [0.5, 0.6) is 0 Å². The number of methoxy groups -OCH3 is 1. The molecule has 0 unspecified atom stereocenters. The molecule has 5 nitrogen and oxygen atoms in total. The van der Waals surface area contributed by atoms with Crippen molar-refractivity contribution in [3.05, 3.63) is 41.7 Å². The maximum atomic E-state index is 12.0. The normalized spacial score (nSPS) is 13.8. The van der Waals surface area contributed by atoms with Gasteiger partial charge in [-0.15, -0.1) is 0 Å². The number of benzene rings is 1. The first-order valence-electron chi connectivity index (χ1n) is 5.42. The summed E-state index contributed by atoms with van der Waals surface area (Å²) in [6.45, 7) is 0. The van der Waals surface area contributed by atoms with Crippen LogP contribution in [0.3, 0.4) is 0 Å². The Kier molecular flexibility index (Phi) is 2.19. The van der Waals surface area contributed by atoms with Crippen LogP contribution in [0.25, 0.3) is 17.0 Å². The Morgan fingerprint density at radius 1 is 1.33 bits per heavy atom. The van der Waals surface area contributed by atoms with Crippen molar-refractivity contribution >= 4 is 29.0 Å². The number of esters is 1. The zero-order valence-corrected chi connectivity index (χ0v) is 9.64. The molecule has 1 aliphatic rings. The fourth-order valence-electron chi connectivity index (χ4n) is 2.09. The topological polar surface area (TPSA) is 60.3 Å². The number of carbonyl (C=O) groups excluding carboxylic acids is 2. The second-order valence-electron chi connectivity index (χ2n) is 3.95. The van der Waals surface area contributed by atoms with Crippen molar-refractivity contribution in [2.75, 3.05) is 7.11 Å². The molecular formula is C13H10N2O3. The highest BCUT2D eigenvalue weighted by Gasteiger charge is 2.20. The second kappa shape index (κ2) is 3.73. The van der Waals surface area contributed by atoms with Crippen LogP contribution in [0.4, 0.5) is 4.79 Å². The Morgan fingerprint density at radius 2 is 2.17 bits per heavy atom. The number of ether oxygens (including phenoxy) is 1. The molecular weight excluding hydrogens is 232 g/mol. The molecule has 1 aromatic carbocycles. The second-order valence-corrected chi connectivity index (χ2v) is 3.95. The number of para-hydroxylation sites is 1. The number of aromatic nitrogens is 1. The van der Waals surface area contributed by atoms with Crippen molar-refractivity contribution < 1.29 is 14.3 Å². The van der Waals surface area contributed by atoms with E-state index in [1.807, 2.05) is 24.3 Å². The number of nitrogens with one attached hydrogen (secondary N) is 1. The lowest BCUT2D eigenvalue weighted by Crippen LogP contribution is -2.30. The molecule has 0 atom stereocenters. The molecule has 2 aromatic rings. The van der Waals surface area contributed by atoms with E-state index in [1.54, 1.807) is 12.3 Å². The van der Waals surface area contributed by atoms with Crippen molar-refractivity contribution in [3.8, 4) is 0 Å². The van der Waals surface area contributed by atoms with Gasteiger partial charge in [0.15, 0.2) is 0 Å². The summed E-state index contributed by atoms with van der Waals surface area (Å²) in [4.78, 5) is 23.5. The highest BCUT2D eigenvalue weighted by atomic mass is 16.5. The largest absolute Gasteiger partial charge is 0.464 e. The van der Waals surface area contributed by atoms with Gasteiger partial charge in [-0.05, 0) is 12.1 Å². The molecule has 1 amide bonds. The third-order valence-corrected chi connectivity index (χ3v) is 2.91. The van der Waals surface area contributed by atoms with Crippen molar-refractivity contribution in [1.82, 2.24) is 9.88 Å². The fourth-order valence-corrected chi connectivity index (χ4v) is 2.09. The molecule has 1 N–H and O–H groups in total. The summed E-state index contributed by atoms with van der Waals surface area (Å²) in [7, 11) is 1.28. The minimum Gasteiger partial charge on any atom is -0.464 e. The number of amides is 1. The molecule has 5 heteroatoms. The molecule has 2 heterocycles. The molecule has 0 saturated carbocycles. The molecule has 1 aromatic heterocycles. The Bertz CT molecular complexity index is 697. The third kappa shape index (κ3) is 1.41. The van der Waals surface area contributed by atoms with Crippen LogP contribution in [0.1, 0.15) is 5.56 Å². The van der Waals surface area contributed by atoms with E-state index < -0.39 is 5.97 Å². The van der Waals surface area contributed by atoms with Gasteiger partial charge in [-0.1, -0.05) is 18.2 Å². The van der Waals surface area contributed by atoms with E-state index in [1.165, 1.54) is 11.7 Å². The van der Waals surface area contributed by atoms with Crippen LogP contribution in [0.2, 0.25) is 0 Å². The number of hydrogen-bond acceptors (Lipinski definition) is 3. The number of hydrogen-bond donors (Lipinski definition) is 1. The maximum Gasteiger partial charge on any atom is 0.354 e. The number of carbonyl (C=O) groups is 2. The first-order chi connectivity index (χ1) is 8.70. The minimum absolute atomic E-state index is 0.138. The minimum atomic E-state index is -0.564. The molecule has 3 rings (SSSR count). The predicted molar refractivity (Wildman–Crippen MR) is 65.9 cm³/mol. The first-order valence-corrected chi connectivity index (χ1v) is 5.42. The van der Waals surface area contributed by atoms with E-state index in [4.69, 9.17) is 0 Å². The number of nitrogens with zero attached hydrogens (tertiary/aromatic N) is 1. The smallest absolute Gasteiger partial charge is 0.354 e. The van der Waals surface area contributed by atoms with Crippen LogP contribution < -0.4 is 5.32 Å². The van der Waals surface area contributed by atoms with Crippen molar-refractivity contribution in [2.24, 2.45) is 0 Å². The molecule has 0 aliphatic carbocycles. The molecule has 0 fully saturated rings. The highest BCUT2D eigenvalue weighted by molar-refractivity contribution is 6.05. The standard InChI is InChI=1S/C13H10N2O3/c1-18-12(16)10-7-9-4-2-3-8-5-6-15(11(8)9)13(17)14-10/h2-7H,1H3,(H,14,17). The van der Waals surface area contributed by atoms with Gasteiger partial charge in [-0.25, -0.2) is 9.59 Å². The fraction of sp³-hybridized carbons (Fsp3) is 0.0769. The van der Waals surface area contributed by atoms with E-state index in [0.717, 1.165) is 16.5 Å². The van der Waals surface area contributed by atoms with E-state index in [-0.39, 0.29) is 11.7 Å². The molecule has 18 heavy (non-hydrogen) atoms. The lowest BCUT2D eigenvalue weighted by atomic mass is 10.1. The van der Waals surface area contributed by atoms with Crippen molar-refractivity contribution in [2.45, 2.75) is 0 Å². The van der Waals surface area contributed by atoms with Crippen molar-refractivity contribution in [3.63, 3.8) is 0 Å². The molecule has 0 bridgehead atoms. The average molecular weight is 242 g/mol. The van der Waals surface area contributed by atoms with Gasteiger partial charge in [0.2, 0.25) is 0 Å². The molecule has 0 saturated heterocycles. The molecule has 0 spiro atoms. The van der Waals surface area contributed by atoms with E-state index in [9.17, 15) is 9.59 Å². The quantitative estimate of drug-likeness (QED) is 0.774. The van der Waals surface area contributed by atoms with Crippen LogP contribution in [0, 0.1) is 0 Å². The van der Waals surface area contributed by atoms with Crippen LogP contribution in [0.15, 0.2) is 36.2 Å².